The molecule has 0 heterocycles. The van der Waals surface area contributed by atoms with E-state index in [9.17, 15) is 13.6 Å². The summed E-state index contributed by atoms with van der Waals surface area (Å²) >= 11 is 0. The average molecular weight is 210 g/mol. The smallest absolute Gasteiger partial charge is 0.238 e. The number of aryl methyl sites for hydroxylation is 1. The fraction of sp³-hybridized carbons (Fsp3) is 0.200. The zero-order valence-corrected chi connectivity index (χ0v) is 7.97. The summed E-state index contributed by atoms with van der Waals surface area (Å²) in [6, 6.07) is 3.82. The van der Waals surface area contributed by atoms with Crippen molar-refractivity contribution >= 4 is 11.6 Å². The number of amides is 1. The molecule has 78 valence electrons. The Morgan fingerprint density at radius 3 is 2.73 bits per heavy atom. The molecular formula is C10H8F2N2O. The van der Waals surface area contributed by atoms with Crippen LogP contribution >= 0.6 is 0 Å². The molecule has 1 aromatic carbocycles. The molecular weight excluding hydrogens is 202 g/mol. The van der Waals surface area contributed by atoms with Gasteiger partial charge in [-0.05, 0) is 18.6 Å². The zero-order chi connectivity index (χ0) is 11.4. The minimum absolute atomic E-state index is 0.0993. The Bertz CT molecular complexity index is 415. The van der Waals surface area contributed by atoms with Crippen molar-refractivity contribution in [3.8, 4) is 6.07 Å². The van der Waals surface area contributed by atoms with E-state index >= 15 is 0 Å². The molecule has 1 N–H and O–H groups in total. The van der Waals surface area contributed by atoms with E-state index < -0.39 is 17.5 Å². The van der Waals surface area contributed by atoms with Crippen LogP contribution in [0, 0.1) is 29.9 Å². The first kappa shape index (κ1) is 11.1. The summed E-state index contributed by atoms with van der Waals surface area (Å²) in [7, 11) is 0. The Kier molecular flexibility index (Phi) is 3.34. The lowest BCUT2D eigenvalue weighted by atomic mass is 10.2. The van der Waals surface area contributed by atoms with Gasteiger partial charge in [0.25, 0.3) is 0 Å². The van der Waals surface area contributed by atoms with Gasteiger partial charge in [-0.3, -0.25) is 4.79 Å². The molecule has 0 saturated heterocycles. The molecule has 0 saturated carbocycles. The highest BCUT2D eigenvalue weighted by atomic mass is 19.2. The van der Waals surface area contributed by atoms with Crippen molar-refractivity contribution in [1.82, 2.24) is 0 Å². The summed E-state index contributed by atoms with van der Waals surface area (Å²) in [4.78, 5) is 11.0. The van der Waals surface area contributed by atoms with E-state index in [2.05, 4.69) is 5.32 Å². The molecule has 0 aromatic heterocycles. The third-order valence-electron chi connectivity index (χ3n) is 1.73. The zero-order valence-electron chi connectivity index (χ0n) is 7.97. The Morgan fingerprint density at radius 2 is 2.20 bits per heavy atom. The average Bonchev–Trinajstić information content (AvgIpc) is 2.14. The van der Waals surface area contributed by atoms with Crippen molar-refractivity contribution in [2.45, 2.75) is 13.3 Å². The Labute approximate surface area is 85.3 Å². The van der Waals surface area contributed by atoms with Gasteiger partial charge in [0.05, 0.1) is 6.07 Å². The molecule has 0 atom stereocenters. The fourth-order valence-corrected chi connectivity index (χ4v) is 1.08. The molecule has 0 aliphatic heterocycles. The second kappa shape index (κ2) is 4.51. The third-order valence-corrected chi connectivity index (χ3v) is 1.73. The van der Waals surface area contributed by atoms with E-state index in [1.807, 2.05) is 0 Å². The van der Waals surface area contributed by atoms with Crippen LogP contribution < -0.4 is 5.32 Å². The van der Waals surface area contributed by atoms with Crippen molar-refractivity contribution in [1.29, 1.82) is 5.26 Å². The number of benzene rings is 1. The van der Waals surface area contributed by atoms with E-state index in [1.165, 1.54) is 13.0 Å². The summed E-state index contributed by atoms with van der Waals surface area (Å²) in [6.07, 6.45) is -0.321. The molecule has 0 bridgehead atoms. The molecule has 0 spiro atoms. The van der Waals surface area contributed by atoms with Crippen molar-refractivity contribution in [2.75, 3.05) is 5.32 Å². The first-order chi connectivity index (χ1) is 7.04. The van der Waals surface area contributed by atoms with E-state index in [4.69, 9.17) is 5.26 Å². The van der Waals surface area contributed by atoms with Crippen LogP contribution in [0.4, 0.5) is 14.5 Å². The molecule has 0 fully saturated rings. The molecule has 0 aliphatic carbocycles. The lowest BCUT2D eigenvalue weighted by Gasteiger charge is -2.05. The first-order valence-corrected chi connectivity index (χ1v) is 4.17. The number of carbonyl (C=O) groups is 1. The maximum absolute atomic E-state index is 12.9. The van der Waals surface area contributed by atoms with Gasteiger partial charge in [0.2, 0.25) is 5.91 Å². The second-order valence-corrected chi connectivity index (χ2v) is 2.97. The number of hydrogen-bond acceptors (Lipinski definition) is 2. The maximum Gasteiger partial charge on any atom is 0.238 e. The lowest BCUT2D eigenvalue weighted by Crippen LogP contribution is -2.10. The van der Waals surface area contributed by atoms with E-state index in [1.54, 1.807) is 6.07 Å². The van der Waals surface area contributed by atoms with Crippen molar-refractivity contribution in [2.24, 2.45) is 0 Å². The number of rotatable bonds is 2. The molecule has 0 radical (unpaired) electrons. The van der Waals surface area contributed by atoms with Crippen LogP contribution in [-0.2, 0) is 4.79 Å². The van der Waals surface area contributed by atoms with Crippen molar-refractivity contribution in [3.05, 3.63) is 29.3 Å². The fourth-order valence-electron chi connectivity index (χ4n) is 1.08. The number of carbonyl (C=O) groups excluding carboxylic acids is 1. The summed E-state index contributed by atoms with van der Waals surface area (Å²) in [5.74, 6) is -2.52. The van der Waals surface area contributed by atoms with Gasteiger partial charge in [0, 0.05) is 11.8 Å². The van der Waals surface area contributed by atoms with Crippen LogP contribution in [0.1, 0.15) is 12.0 Å². The number of anilines is 1. The predicted molar refractivity (Wildman–Crippen MR) is 50.0 cm³/mol. The maximum atomic E-state index is 12.9. The second-order valence-electron chi connectivity index (χ2n) is 2.97. The highest BCUT2D eigenvalue weighted by Gasteiger charge is 2.09. The molecule has 0 unspecified atom stereocenters. The van der Waals surface area contributed by atoms with Gasteiger partial charge >= 0.3 is 0 Å². The summed E-state index contributed by atoms with van der Waals surface area (Å²) in [5, 5.41) is 10.5. The van der Waals surface area contributed by atoms with Gasteiger partial charge in [0.15, 0.2) is 11.6 Å². The SMILES string of the molecule is Cc1cc(NC(=O)CC#N)cc(F)c1F. The van der Waals surface area contributed by atoms with E-state index in [-0.39, 0.29) is 17.7 Å². The molecule has 1 amide bonds. The van der Waals surface area contributed by atoms with E-state index in [0.717, 1.165) is 6.07 Å². The van der Waals surface area contributed by atoms with Crippen molar-refractivity contribution in [3.63, 3.8) is 0 Å². The van der Waals surface area contributed by atoms with Crippen LogP contribution in [0.2, 0.25) is 0 Å². The summed E-state index contributed by atoms with van der Waals surface area (Å²) in [5.41, 5.74) is 0.244. The summed E-state index contributed by atoms with van der Waals surface area (Å²) in [6.45, 7) is 1.39. The monoisotopic (exact) mass is 210 g/mol. The van der Waals surface area contributed by atoms with Crippen LogP contribution in [0.15, 0.2) is 12.1 Å². The van der Waals surface area contributed by atoms with Crippen LogP contribution in [0.5, 0.6) is 0 Å². The first-order valence-electron chi connectivity index (χ1n) is 4.17. The number of nitrogens with zero attached hydrogens (tertiary/aromatic N) is 1. The molecule has 3 nitrogen and oxygen atoms in total. The van der Waals surface area contributed by atoms with Gasteiger partial charge in [-0.1, -0.05) is 0 Å². The predicted octanol–water partition coefficient (Wildman–Crippen LogP) is 2.13. The summed E-state index contributed by atoms with van der Waals surface area (Å²) < 4.78 is 25.7. The third kappa shape index (κ3) is 2.74. The Hall–Kier alpha value is -1.96. The molecule has 15 heavy (non-hydrogen) atoms. The van der Waals surface area contributed by atoms with Crippen LogP contribution in [0.3, 0.4) is 0 Å². The van der Waals surface area contributed by atoms with Gasteiger partial charge < -0.3 is 5.32 Å². The van der Waals surface area contributed by atoms with Crippen molar-refractivity contribution < 1.29 is 13.6 Å². The highest BCUT2D eigenvalue weighted by Crippen LogP contribution is 2.17. The Balaban J connectivity index is 2.89. The topological polar surface area (TPSA) is 52.9 Å². The quantitative estimate of drug-likeness (QED) is 0.812. The molecule has 1 aromatic rings. The minimum atomic E-state index is -1.03. The minimum Gasteiger partial charge on any atom is -0.325 e. The largest absolute Gasteiger partial charge is 0.325 e. The number of nitriles is 1. The Morgan fingerprint density at radius 1 is 1.53 bits per heavy atom. The van der Waals surface area contributed by atoms with Gasteiger partial charge in [-0.2, -0.15) is 5.26 Å². The molecule has 0 aliphatic rings. The number of nitrogens with one attached hydrogen (secondary N) is 1. The highest BCUT2D eigenvalue weighted by molar-refractivity contribution is 5.92. The normalized spacial score (nSPS) is 9.47. The number of hydrogen-bond donors (Lipinski definition) is 1. The van der Waals surface area contributed by atoms with Crippen LogP contribution in [0.25, 0.3) is 0 Å². The number of halogens is 2. The standard InChI is InChI=1S/C10H8F2N2O/c1-6-4-7(5-8(11)10(6)12)14-9(15)2-3-13/h4-5H,2H2,1H3,(H,14,15). The molecule has 1 rings (SSSR count). The molecule has 5 heteroatoms. The van der Waals surface area contributed by atoms with Gasteiger partial charge in [-0.25, -0.2) is 8.78 Å². The van der Waals surface area contributed by atoms with Crippen LogP contribution in [-0.4, -0.2) is 5.91 Å². The van der Waals surface area contributed by atoms with E-state index in [0.29, 0.717) is 0 Å². The van der Waals surface area contributed by atoms with Gasteiger partial charge in [-0.15, -0.1) is 0 Å². The lowest BCUT2D eigenvalue weighted by molar-refractivity contribution is -0.115. The van der Waals surface area contributed by atoms with Gasteiger partial charge in [0.1, 0.15) is 6.42 Å².